The van der Waals surface area contributed by atoms with Crippen molar-refractivity contribution in [1.29, 1.82) is 0 Å². The number of phenolic OH excluding ortho intramolecular Hbond substituents is 1. The Labute approximate surface area is 136 Å². The van der Waals surface area contributed by atoms with Gasteiger partial charge >= 0.3 is 0 Å². The van der Waals surface area contributed by atoms with Crippen molar-refractivity contribution in [3.63, 3.8) is 0 Å². The maximum absolute atomic E-state index is 12.4. The van der Waals surface area contributed by atoms with E-state index < -0.39 is 10.8 Å². The molecule has 0 saturated heterocycles. The smallest absolute Gasteiger partial charge is 0.274 e. The molecule has 0 unspecified atom stereocenters. The molecular weight excluding hydrogens is 310 g/mol. The molecule has 2 N–H and O–H groups in total. The van der Waals surface area contributed by atoms with Crippen LogP contribution in [0.1, 0.15) is 15.9 Å². The molecular formula is C17H13N3O4. The second-order valence-electron chi connectivity index (χ2n) is 5.20. The molecule has 2 aromatic carbocycles. The monoisotopic (exact) mass is 323 g/mol. The van der Waals surface area contributed by atoms with Crippen molar-refractivity contribution in [1.82, 2.24) is 4.98 Å². The van der Waals surface area contributed by atoms with Gasteiger partial charge in [0.15, 0.2) is 5.75 Å². The molecule has 0 radical (unpaired) electrons. The van der Waals surface area contributed by atoms with Crippen LogP contribution in [0.3, 0.4) is 0 Å². The molecule has 0 spiro atoms. The van der Waals surface area contributed by atoms with Gasteiger partial charge in [-0.25, -0.2) is 0 Å². The minimum atomic E-state index is -0.566. The molecule has 0 fully saturated rings. The van der Waals surface area contributed by atoms with Gasteiger partial charge in [0.25, 0.3) is 11.6 Å². The van der Waals surface area contributed by atoms with Crippen molar-refractivity contribution < 1.29 is 14.8 Å². The second kappa shape index (κ2) is 5.96. The van der Waals surface area contributed by atoms with E-state index in [4.69, 9.17) is 0 Å². The van der Waals surface area contributed by atoms with Gasteiger partial charge in [-0.1, -0.05) is 18.2 Å². The number of carbonyl (C=O) groups excluding carboxylic acids is 1. The first-order valence-corrected chi connectivity index (χ1v) is 7.11. The third kappa shape index (κ3) is 2.63. The number of pyridine rings is 1. The third-order valence-electron chi connectivity index (χ3n) is 3.74. The summed E-state index contributed by atoms with van der Waals surface area (Å²) in [6.07, 6.45) is 1.52. The summed E-state index contributed by atoms with van der Waals surface area (Å²) in [5.74, 6) is -0.794. The van der Waals surface area contributed by atoms with Crippen LogP contribution in [0.2, 0.25) is 0 Å². The van der Waals surface area contributed by atoms with E-state index in [1.807, 2.05) is 0 Å². The van der Waals surface area contributed by atoms with E-state index in [-0.39, 0.29) is 17.0 Å². The molecule has 0 aliphatic carbocycles. The summed E-state index contributed by atoms with van der Waals surface area (Å²) >= 11 is 0. The molecule has 3 rings (SSSR count). The SMILES string of the molecule is Cc1c(NC(=O)c2ccc3cccnc3c2O)cccc1[N+](=O)[O-]. The van der Waals surface area contributed by atoms with Crippen molar-refractivity contribution in [2.45, 2.75) is 6.92 Å². The number of rotatable bonds is 3. The zero-order valence-corrected chi connectivity index (χ0v) is 12.7. The molecule has 1 aromatic heterocycles. The van der Waals surface area contributed by atoms with Gasteiger partial charge in [0.1, 0.15) is 5.52 Å². The molecule has 0 aliphatic rings. The first-order chi connectivity index (χ1) is 11.5. The van der Waals surface area contributed by atoms with Crippen LogP contribution < -0.4 is 5.32 Å². The largest absolute Gasteiger partial charge is 0.505 e. The Kier molecular flexibility index (Phi) is 3.83. The highest BCUT2D eigenvalue weighted by molar-refractivity contribution is 6.09. The van der Waals surface area contributed by atoms with Crippen LogP contribution in [0, 0.1) is 17.0 Å². The number of nitro benzene ring substituents is 1. The van der Waals surface area contributed by atoms with Crippen LogP contribution >= 0.6 is 0 Å². The lowest BCUT2D eigenvalue weighted by Gasteiger charge is -2.10. The number of hydrogen-bond donors (Lipinski definition) is 2. The lowest BCUT2D eigenvalue weighted by molar-refractivity contribution is -0.385. The van der Waals surface area contributed by atoms with Crippen LogP contribution in [0.5, 0.6) is 5.75 Å². The summed E-state index contributed by atoms with van der Waals surface area (Å²) in [6, 6.07) is 11.1. The molecule has 0 bridgehead atoms. The molecule has 7 nitrogen and oxygen atoms in total. The predicted molar refractivity (Wildman–Crippen MR) is 89.2 cm³/mol. The topological polar surface area (TPSA) is 105 Å². The summed E-state index contributed by atoms with van der Waals surface area (Å²) < 4.78 is 0. The number of aromatic nitrogens is 1. The number of amides is 1. The standard InChI is InChI=1S/C17H13N3O4/c1-10-13(5-2-6-14(10)20(23)24)19-17(22)12-8-7-11-4-3-9-18-15(11)16(12)21/h2-9,21H,1H3,(H,19,22). The zero-order valence-electron chi connectivity index (χ0n) is 12.7. The average molecular weight is 323 g/mol. The maximum atomic E-state index is 12.4. The first-order valence-electron chi connectivity index (χ1n) is 7.11. The Morgan fingerprint density at radius 3 is 2.75 bits per heavy atom. The highest BCUT2D eigenvalue weighted by Crippen LogP contribution is 2.29. The summed E-state index contributed by atoms with van der Waals surface area (Å²) in [4.78, 5) is 27.0. The normalized spacial score (nSPS) is 10.5. The number of nitrogens with zero attached hydrogens (tertiary/aromatic N) is 2. The van der Waals surface area contributed by atoms with E-state index in [0.717, 1.165) is 0 Å². The number of aromatic hydroxyl groups is 1. The van der Waals surface area contributed by atoms with Gasteiger partial charge in [-0.2, -0.15) is 0 Å². The van der Waals surface area contributed by atoms with Gasteiger partial charge in [-0.15, -0.1) is 0 Å². The summed E-state index contributed by atoms with van der Waals surface area (Å²) in [5.41, 5.74) is 0.939. The molecule has 120 valence electrons. The molecule has 0 atom stereocenters. The summed E-state index contributed by atoms with van der Waals surface area (Å²) in [6.45, 7) is 1.55. The van der Waals surface area contributed by atoms with E-state index in [2.05, 4.69) is 10.3 Å². The molecule has 3 aromatic rings. The van der Waals surface area contributed by atoms with E-state index in [9.17, 15) is 20.0 Å². The van der Waals surface area contributed by atoms with E-state index in [1.54, 1.807) is 31.2 Å². The van der Waals surface area contributed by atoms with Gasteiger partial charge in [0, 0.05) is 17.6 Å². The van der Waals surface area contributed by atoms with Crippen molar-refractivity contribution in [3.8, 4) is 5.75 Å². The lowest BCUT2D eigenvalue weighted by atomic mass is 10.1. The number of nitro groups is 1. The highest BCUT2D eigenvalue weighted by atomic mass is 16.6. The average Bonchev–Trinajstić information content (AvgIpc) is 2.57. The predicted octanol–water partition coefficient (Wildman–Crippen LogP) is 3.41. The van der Waals surface area contributed by atoms with Crippen LogP contribution in [0.25, 0.3) is 10.9 Å². The molecule has 7 heteroatoms. The Bertz CT molecular complexity index is 969. The van der Waals surface area contributed by atoms with Crippen LogP contribution in [0.4, 0.5) is 11.4 Å². The van der Waals surface area contributed by atoms with Crippen LogP contribution in [0.15, 0.2) is 48.7 Å². The number of phenols is 1. The fraction of sp³-hybridized carbons (Fsp3) is 0.0588. The molecule has 0 saturated carbocycles. The first kappa shape index (κ1) is 15.4. The highest BCUT2D eigenvalue weighted by Gasteiger charge is 2.18. The molecule has 0 aliphatic heterocycles. The van der Waals surface area contributed by atoms with Gasteiger partial charge in [0.05, 0.1) is 21.7 Å². The van der Waals surface area contributed by atoms with Gasteiger partial charge in [0.2, 0.25) is 0 Å². The third-order valence-corrected chi connectivity index (χ3v) is 3.74. The van der Waals surface area contributed by atoms with E-state index >= 15 is 0 Å². The number of hydrogen-bond acceptors (Lipinski definition) is 5. The molecule has 1 amide bonds. The number of nitrogens with one attached hydrogen (secondary N) is 1. The van der Waals surface area contributed by atoms with Crippen LogP contribution in [-0.2, 0) is 0 Å². The minimum absolute atomic E-state index is 0.0482. The van der Waals surface area contributed by atoms with Gasteiger partial charge < -0.3 is 10.4 Å². The van der Waals surface area contributed by atoms with Crippen molar-refractivity contribution in [2.75, 3.05) is 5.32 Å². The fourth-order valence-corrected chi connectivity index (χ4v) is 2.46. The number of carbonyl (C=O) groups is 1. The Hall–Kier alpha value is -3.48. The Morgan fingerprint density at radius 1 is 1.21 bits per heavy atom. The van der Waals surface area contributed by atoms with Crippen LogP contribution in [-0.4, -0.2) is 20.9 Å². The van der Waals surface area contributed by atoms with E-state index in [1.165, 1.54) is 24.4 Å². The minimum Gasteiger partial charge on any atom is -0.505 e. The van der Waals surface area contributed by atoms with Crippen molar-refractivity contribution in [2.24, 2.45) is 0 Å². The molecule has 24 heavy (non-hydrogen) atoms. The Balaban J connectivity index is 1.98. The number of anilines is 1. The van der Waals surface area contributed by atoms with Gasteiger partial charge in [-0.05, 0) is 25.1 Å². The lowest BCUT2D eigenvalue weighted by Crippen LogP contribution is -2.13. The van der Waals surface area contributed by atoms with Crippen molar-refractivity contribution in [3.05, 3.63) is 69.9 Å². The van der Waals surface area contributed by atoms with E-state index in [0.29, 0.717) is 22.2 Å². The molecule has 1 heterocycles. The summed E-state index contributed by atoms with van der Waals surface area (Å²) in [5, 5.41) is 24.6. The zero-order chi connectivity index (χ0) is 17.3. The van der Waals surface area contributed by atoms with Crippen molar-refractivity contribution >= 4 is 28.2 Å². The number of benzene rings is 2. The fourth-order valence-electron chi connectivity index (χ4n) is 2.46. The van der Waals surface area contributed by atoms with Gasteiger partial charge in [-0.3, -0.25) is 19.9 Å². The maximum Gasteiger partial charge on any atom is 0.274 e. The quantitative estimate of drug-likeness (QED) is 0.567. The number of fused-ring (bicyclic) bond motifs is 1. The Morgan fingerprint density at radius 2 is 2.00 bits per heavy atom. The summed E-state index contributed by atoms with van der Waals surface area (Å²) in [7, 11) is 0. The second-order valence-corrected chi connectivity index (χ2v) is 5.20.